The SMILES string of the molecule is Cc1c(N)cc(NC(=O)NC2CN(c3cc(F)c(C4CCC(=O)NC4=O)c(F)c3)C2)cc1OCCN1CCOCC1. The minimum Gasteiger partial charge on any atom is -0.492 e. The topological polar surface area (TPSA) is 138 Å². The van der Waals surface area contributed by atoms with Crippen LogP contribution < -0.4 is 31.3 Å². The minimum absolute atomic E-state index is 0.0248. The van der Waals surface area contributed by atoms with Gasteiger partial charge in [0, 0.05) is 73.4 Å². The second kappa shape index (κ2) is 12.3. The fourth-order valence-electron chi connectivity index (χ4n) is 5.23. The monoisotopic (exact) mass is 572 g/mol. The maximum atomic E-state index is 14.9. The summed E-state index contributed by atoms with van der Waals surface area (Å²) in [6.07, 6.45) is 0.0778. The zero-order valence-electron chi connectivity index (χ0n) is 22.8. The first kappa shape index (κ1) is 28.6. The number of benzene rings is 2. The highest BCUT2D eigenvalue weighted by Gasteiger charge is 2.34. The van der Waals surface area contributed by atoms with Gasteiger partial charge in [-0.1, -0.05) is 0 Å². The van der Waals surface area contributed by atoms with Crippen molar-refractivity contribution in [2.75, 3.05) is 68.5 Å². The molecule has 1 atom stereocenters. The molecule has 0 aliphatic carbocycles. The zero-order valence-corrected chi connectivity index (χ0v) is 22.8. The third-order valence-electron chi connectivity index (χ3n) is 7.66. The summed E-state index contributed by atoms with van der Waals surface area (Å²) in [4.78, 5) is 40.1. The van der Waals surface area contributed by atoms with Crippen molar-refractivity contribution in [3.63, 3.8) is 0 Å². The zero-order chi connectivity index (χ0) is 29.1. The molecule has 3 aliphatic rings. The van der Waals surface area contributed by atoms with E-state index in [0.717, 1.165) is 25.2 Å². The van der Waals surface area contributed by atoms with Crippen molar-refractivity contribution in [1.82, 2.24) is 15.5 Å². The summed E-state index contributed by atoms with van der Waals surface area (Å²) in [5.41, 5.74) is 7.87. The van der Waals surface area contributed by atoms with E-state index in [0.29, 0.717) is 55.7 Å². The van der Waals surface area contributed by atoms with E-state index >= 15 is 0 Å². The van der Waals surface area contributed by atoms with Gasteiger partial charge in [0.05, 0.1) is 25.2 Å². The molecule has 0 saturated carbocycles. The first-order valence-electron chi connectivity index (χ1n) is 13.7. The number of imide groups is 1. The highest BCUT2D eigenvalue weighted by Crippen LogP contribution is 2.33. The molecule has 220 valence electrons. The summed E-state index contributed by atoms with van der Waals surface area (Å²) >= 11 is 0. The van der Waals surface area contributed by atoms with Crippen LogP contribution in [0.5, 0.6) is 5.75 Å². The lowest BCUT2D eigenvalue weighted by molar-refractivity contribution is -0.134. The highest BCUT2D eigenvalue weighted by molar-refractivity contribution is 6.01. The fourth-order valence-corrected chi connectivity index (χ4v) is 5.23. The van der Waals surface area contributed by atoms with E-state index in [9.17, 15) is 23.2 Å². The summed E-state index contributed by atoms with van der Waals surface area (Å²) in [5, 5.41) is 7.74. The van der Waals surface area contributed by atoms with Crippen LogP contribution >= 0.6 is 0 Å². The van der Waals surface area contributed by atoms with Crippen molar-refractivity contribution in [1.29, 1.82) is 0 Å². The van der Waals surface area contributed by atoms with E-state index in [1.54, 1.807) is 17.0 Å². The number of nitrogens with zero attached hydrogens (tertiary/aromatic N) is 2. The number of nitrogens with two attached hydrogens (primary N) is 1. The fraction of sp³-hybridized carbons (Fsp3) is 0.464. The van der Waals surface area contributed by atoms with Gasteiger partial charge in [-0.15, -0.1) is 0 Å². The van der Waals surface area contributed by atoms with Crippen LogP contribution in [0.15, 0.2) is 24.3 Å². The Labute approximate surface area is 236 Å². The van der Waals surface area contributed by atoms with E-state index in [1.807, 2.05) is 6.92 Å². The first-order chi connectivity index (χ1) is 19.7. The van der Waals surface area contributed by atoms with Crippen LogP contribution in [0.2, 0.25) is 0 Å². The molecule has 3 aliphatic heterocycles. The van der Waals surface area contributed by atoms with Crippen molar-refractivity contribution in [2.24, 2.45) is 0 Å². The number of rotatable bonds is 8. The number of ether oxygens (including phenoxy) is 2. The molecular formula is C28H34F2N6O5. The standard InChI is InChI=1S/C28H34F2N6O5/c1-16-23(31)10-17(11-24(16)41-9-6-35-4-7-40-8-5-35)32-28(39)33-18-14-36(15-18)19-12-21(29)26(22(30)13-19)20-2-3-25(37)34-27(20)38/h10-13,18,20H,2-9,14-15,31H2,1H3,(H2,32,33,39)(H,34,37,38). The number of halogens is 2. The molecule has 11 nitrogen and oxygen atoms in total. The quantitative estimate of drug-likeness (QED) is 0.279. The molecule has 4 amide bonds. The lowest BCUT2D eigenvalue weighted by Gasteiger charge is -2.41. The summed E-state index contributed by atoms with van der Waals surface area (Å²) in [7, 11) is 0. The summed E-state index contributed by atoms with van der Waals surface area (Å²) in [6.45, 7) is 6.93. The Morgan fingerprint density at radius 3 is 2.54 bits per heavy atom. The van der Waals surface area contributed by atoms with Gasteiger partial charge in [0.15, 0.2) is 0 Å². The van der Waals surface area contributed by atoms with Crippen molar-refractivity contribution in [3.8, 4) is 5.75 Å². The van der Waals surface area contributed by atoms with E-state index in [1.165, 1.54) is 12.1 Å². The van der Waals surface area contributed by atoms with E-state index in [2.05, 4.69) is 20.9 Å². The van der Waals surface area contributed by atoms with Gasteiger partial charge in [-0.25, -0.2) is 13.6 Å². The van der Waals surface area contributed by atoms with Gasteiger partial charge in [-0.05, 0) is 31.5 Å². The molecule has 0 aromatic heterocycles. The minimum atomic E-state index is -1.05. The Hall–Kier alpha value is -3.97. The third kappa shape index (κ3) is 6.68. The molecule has 0 bridgehead atoms. The predicted octanol–water partition coefficient (Wildman–Crippen LogP) is 2.10. The number of hydrogen-bond donors (Lipinski definition) is 4. The molecule has 3 heterocycles. The molecule has 3 fully saturated rings. The van der Waals surface area contributed by atoms with Gasteiger partial charge < -0.3 is 30.7 Å². The lowest BCUT2D eigenvalue weighted by Crippen LogP contribution is -2.60. The smallest absolute Gasteiger partial charge is 0.319 e. The molecule has 2 aromatic carbocycles. The average Bonchev–Trinajstić information content (AvgIpc) is 2.90. The summed E-state index contributed by atoms with van der Waals surface area (Å²) < 4.78 is 41.0. The van der Waals surface area contributed by atoms with Crippen LogP contribution in [0.4, 0.5) is 30.6 Å². The Kier molecular flexibility index (Phi) is 8.54. The van der Waals surface area contributed by atoms with Gasteiger partial charge in [0.25, 0.3) is 0 Å². The van der Waals surface area contributed by atoms with Gasteiger partial charge in [0.1, 0.15) is 24.0 Å². The Balaban J connectivity index is 1.12. The molecular weight excluding hydrogens is 538 g/mol. The van der Waals surface area contributed by atoms with Crippen molar-refractivity contribution in [2.45, 2.75) is 31.7 Å². The first-order valence-corrected chi connectivity index (χ1v) is 13.7. The van der Waals surface area contributed by atoms with Gasteiger partial charge >= 0.3 is 6.03 Å². The Morgan fingerprint density at radius 1 is 1.15 bits per heavy atom. The normalized spacial score (nSPS) is 19.9. The maximum absolute atomic E-state index is 14.9. The molecule has 2 aromatic rings. The number of hydrogen-bond acceptors (Lipinski definition) is 8. The Bertz CT molecular complexity index is 1310. The van der Waals surface area contributed by atoms with Crippen LogP contribution in [0.25, 0.3) is 0 Å². The van der Waals surface area contributed by atoms with Gasteiger partial charge in [-0.3, -0.25) is 19.8 Å². The largest absolute Gasteiger partial charge is 0.492 e. The number of amides is 4. The van der Waals surface area contributed by atoms with Crippen molar-refractivity contribution >= 4 is 34.9 Å². The number of carbonyl (C=O) groups is 3. The molecule has 3 saturated heterocycles. The highest BCUT2D eigenvalue weighted by atomic mass is 19.1. The average molecular weight is 573 g/mol. The number of piperidine rings is 1. The number of carbonyl (C=O) groups excluding carboxylic acids is 3. The number of nitrogens with one attached hydrogen (secondary N) is 3. The van der Waals surface area contributed by atoms with Crippen molar-refractivity contribution in [3.05, 3.63) is 47.0 Å². The van der Waals surface area contributed by atoms with Crippen LogP contribution in [-0.2, 0) is 14.3 Å². The third-order valence-corrected chi connectivity index (χ3v) is 7.66. The number of urea groups is 1. The number of morpholine rings is 1. The molecule has 0 radical (unpaired) electrons. The van der Waals surface area contributed by atoms with Gasteiger partial charge in [0.2, 0.25) is 11.8 Å². The van der Waals surface area contributed by atoms with Gasteiger partial charge in [-0.2, -0.15) is 0 Å². The molecule has 13 heteroatoms. The molecule has 5 rings (SSSR count). The summed E-state index contributed by atoms with van der Waals surface area (Å²) in [6, 6.07) is 5.05. The second-order valence-corrected chi connectivity index (χ2v) is 10.5. The number of nitrogen functional groups attached to an aromatic ring is 1. The molecule has 41 heavy (non-hydrogen) atoms. The van der Waals surface area contributed by atoms with Crippen LogP contribution in [0.1, 0.15) is 29.9 Å². The summed E-state index contributed by atoms with van der Waals surface area (Å²) in [5.74, 6) is -3.30. The molecule has 0 spiro atoms. The van der Waals surface area contributed by atoms with E-state index in [4.69, 9.17) is 15.2 Å². The van der Waals surface area contributed by atoms with Crippen molar-refractivity contribution < 1.29 is 32.6 Å². The predicted molar refractivity (Wildman–Crippen MR) is 148 cm³/mol. The van der Waals surface area contributed by atoms with Crippen LogP contribution in [0.3, 0.4) is 0 Å². The lowest BCUT2D eigenvalue weighted by atomic mass is 9.89. The Morgan fingerprint density at radius 2 is 1.85 bits per heavy atom. The molecule has 1 unspecified atom stereocenters. The van der Waals surface area contributed by atoms with Crippen LogP contribution in [0, 0.1) is 18.6 Å². The molecule has 5 N–H and O–H groups in total. The van der Waals surface area contributed by atoms with Crippen LogP contribution in [-0.4, -0.2) is 81.3 Å². The van der Waals surface area contributed by atoms with E-state index in [-0.39, 0.29) is 24.4 Å². The van der Waals surface area contributed by atoms with E-state index < -0.39 is 35.4 Å². The maximum Gasteiger partial charge on any atom is 0.319 e. The second-order valence-electron chi connectivity index (χ2n) is 10.5. The number of anilines is 3.